The van der Waals surface area contributed by atoms with Crippen LogP contribution in [0.15, 0.2) is 42.2 Å². The lowest BCUT2D eigenvalue weighted by molar-refractivity contribution is 0.150. The lowest BCUT2D eigenvalue weighted by atomic mass is 10.2. The van der Waals surface area contributed by atoms with Crippen molar-refractivity contribution >= 4 is 0 Å². The number of aliphatic hydroxyl groups excluding tert-OH is 1. The number of allylic oxidation sites excluding steroid dienone is 1. The van der Waals surface area contributed by atoms with Crippen LogP contribution >= 0.6 is 0 Å². The van der Waals surface area contributed by atoms with E-state index in [4.69, 9.17) is 9.84 Å². The maximum absolute atomic E-state index is 8.81. The summed E-state index contributed by atoms with van der Waals surface area (Å²) in [5, 5.41) is 8.81. The highest BCUT2D eigenvalue weighted by Crippen LogP contribution is 2.04. The Balaban J connectivity index is 2.43. The van der Waals surface area contributed by atoms with Crippen molar-refractivity contribution in [2.75, 3.05) is 6.61 Å². The highest BCUT2D eigenvalue weighted by Gasteiger charge is 1.95. The molecule has 1 rings (SSSR count). The first kappa shape index (κ1) is 9.81. The molecular formula is C11H14O2. The normalized spacial score (nSPS) is 11.4. The second-order valence-electron chi connectivity index (χ2n) is 2.69. The van der Waals surface area contributed by atoms with Crippen molar-refractivity contribution in [3.8, 4) is 0 Å². The van der Waals surface area contributed by atoms with Crippen LogP contribution in [0.25, 0.3) is 0 Å². The Hall–Kier alpha value is -1.28. The van der Waals surface area contributed by atoms with E-state index >= 15 is 0 Å². The molecule has 0 aliphatic heterocycles. The zero-order chi connectivity index (χ0) is 9.52. The van der Waals surface area contributed by atoms with Gasteiger partial charge in [-0.15, -0.1) is 0 Å². The van der Waals surface area contributed by atoms with Crippen LogP contribution in [0.1, 0.15) is 12.5 Å². The van der Waals surface area contributed by atoms with Crippen molar-refractivity contribution in [2.45, 2.75) is 13.5 Å². The van der Waals surface area contributed by atoms with Gasteiger partial charge in [0.05, 0.1) is 0 Å². The van der Waals surface area contributed by atoms with Gasteiger partial charge in [-0.1, -0.05) is 30.3 Å². The molecule has 0 atom stereocenters. The third-order valence-corrected chi connectivity index (χ3v) is 1.74. The van der Waals surface area contributed by atoms with Crippen molar-refractivity contribution in [1.82, 2.24) is 0 Å². The average Bonchev–Trinajstić information content (AvgIpc) is 2.21. The average molecular weight is 178 g/mol. The third kappa shape index (κ3) is 3.30. The van der Waals surface area contributed by atoms with Crippen LogP contribution in [-0.4, -0.2) is 11.7 Å². The molecule has 0 spiro atoms. The van der Waals surface area contributed by atoms with Gasteiger partial charge in [-0.2, -0.15) is 0 Å². The summed E-state index contributed by atoms with van der Waals surface area (Å²) in [4.78, 5) is 0. The summed E-state index contributed by atoms with van der Waals surface area (Å²) in [6, 6.07) is 9.88. The van der Waals surface area contributed by atoms with E-state index in [1.807, 2.05) is 37.3 Å². The monoisotopic (exact) mass is 178 g/mol. The molecule has 0 aromatic heterocycles. The fourth-order valence-electron chi connectivity index (χ4n) is 0.971. The van der Waals surface area contributed by atoms with Crippen LogP contribution in [-0.2, 0) is 11.3 Å². The molecule has 70 valence electrons. The van der Waals surface area contributed by atoms with Crippen molar-refractivity contribution in [3.63, 3.8) is 0 Å². The van der Waals surface area contributed by atoms with Crippen LogP contribution in [0, 0.1) is 0 Å². The molecule has 0 aliphatic carbocycles. The lowest BCUT2D eigenvalue weighted by Gasteiger charge is -2.06. The summed E-state index contributed by atoms with van der Waals surface area (Å²) in [5.41, 5.74) is 1.11. The summed E-state index contributed by atoms with van der Waals surface area (Å²) in [6.45, 7) is 2.32. The fourth-order valence-corrected chi connectivity index (χ4v) is 0.971. The number of hydrogen-bond acceptors (Lipinski definition) is 2. The van der Waals surface area contributed by atoms with E-state index in [1.165, 1.54) is 0 Å². The molecule has 0 unspecified atom stereocenters. The van der Waals surface area contributed by atoms with E-state index in [-0.39, 0.29) is 6.61 Å². The number of hydrogen-bond donors (Lipinski definition) is 1. The van der Waals surface area contributed by atoms with E-state index in [9.17, 15) is 0 Å². The topological polar surface area (TPSA) is 29.5 Å². The quantitative estimate of drug-likeness (QED) is 0.715. The Morgan fingerprint density at radius 3 is 2.62 bits per heavy atom. The minimum Gasteiger partial charge on any atom is -0.491 e. The van der Waals surface area contributed by atoms with Gasteiger partial charge in [0.1, 0.15) is 19.0 Å². The van der Waals surface area contributed by atoms with Crippen LogP contribution in [0.2, 0.25) is 0 Å². The van der Waals surface area contributed by atoms with Gasteiger partial charge < -0.3 is 9.84 Å². The number of benzene rings is 1. The van der Waals surface area contributed by atoms with Crippen molar-refractivity contribution in [3.05, 3.63) is 47.7 Å². The highest BCUT2D eigenvalue weighted by atomic mass is 16.5. The Kier molecular flexibility index (Phi) is 4.06. The zero-order valence-corrected chi connectivity index (χ0v) is 7.73. The van der Waals surface area contributed by atoms with Crippen LogP contribution < -0.4 is 0 Å². The highest BCUT2D eigenvalue weighted by molar-refractivity contribution is 5.13. The molecule has 0 radical (unpaired) electrons. The molecule has 1 aromatic rings. The molecule has 0 saturated carbocycles. The van der Waals surface area contributed by atoms with E-state index < -0.39 is 0 Å². The molecule has 0 saturated heterocycles. The summed E-state index contributed by atoms with van der Waals surface area (Å²) >= 11 is 0. The predicted molar refractivity (Wildman–Crippen MR) is 52.1 cm³/mol. The van der Waals surface area contributed by atoms with Gasteiger partial charge in [0.25, 0.3) is 0 Å². The first-order valence-electron chi connectivity index (χ1n) is 4.29. The number of ether oxygens (including phenoxy) is 1. The molecule has 0 fully saturated rings. The Morgan fingerprint density at radius 1 is 1.38 bits per heavy atom. The minimum absolute atomic E-state index is 0.0384. The van der Waals surface area contributed by atoms with Gasteiger partial charge in [0.2, 0.25) is 0 Å². The van der Waals surface area contributed by atoms with E-state index in [0.717, 1.165) is 5.56 Å². The Labute approximate surface area is 78.5 Å². The predicted octanol–water partition coefficient (Wildman–Crippen LogP) is 2.10. The Bertz CT molecular complexity index is 265. The summed E-state index contributed by atoms with van der Waals surface area (Å²) < 4.78 is 5.34. The molecule has 1 N–H and O–H groups in total. The minimum atomic E-state index is -0.0384. The van der Waals surface area contributed by atoms with E-state index in [2.05, 4.69) is 0 Å². The van der Waals surface area contributed by atoms with Gasteiger partial charge in [-0.05, 0) is 18.6 Å². The van der Waals surface area contributed by atoms with Gasteiger partial charge in [-0.3, -0.25) is 0 Å². The maximum atomic E-state index is 8.81. The fraction of sp³-hybridized carbons (Fsp3) is 0.273. The van der Waals surface area contributed by atoms with Crippen molar-refractivity contribution < 1.29 is 9.84 Å². The standard InChI is InChI=1S/C11H14O2/c1-2-11(8-12)13-9-10-6-4-3-5-7-10/h2-7,12H,8-9H2,1H3. The van der Waals surface area contributed by atoms with Crippen LogP contribution in [0.4, 0.5) is 0 Å². The molecule has 2 nitrogen and oxygen atoms in total. The second kappa shape index (κ2) is 5.38. The van der Waals surface area contributed by atoms with Gasteiger partial charge in [0.15, 0.2) is 0 Å². The second-order valence-corrected chi connectivity index (χ2v) is 2.69. The van der Waals surface area contributed by atoms with Crippen molar-refractivity contribution in [1.29, 1.82) is 0 Å². The molecule has 0 heterocycles. The SMILES string of the molecule is CC=C(CO)OCc1ccccc1. The van der Waals surface area contributed by atoms with E-state index in [0.29, 0.717) is 12.4 Å². The molecule has 2 heteroatoms. The number of aliphatic hydroxyl groups is 1. The zero-order valence-electron chi connectivity index (χ0n) is 7.73. The number of rotatable bonds is 4. The molecule has 1 aromatic carbocycles. The van der Waals surface area contributed by atoms with Gasteiger partial charge in [-0.25, -0.2) is 0 Å². The molecule has 0 amide bonds. The Morgan fingerprint density at radius 2 is 2.08 bits per heavy atom. The van der Waals surface area contributed by atoms with Gasteiger partial charge >= 0.3 is 0 Å². The van der Waals surface area contributed by atoms with Gasteiger partial charge in [0, 0.05) is 0 Å². The molecular weight excluding hydrogens is 164 g/mol. The molecule has 0 aliphatic rings. The molecule has 0 bridgehead atoms. The first-order chi connectivity index (χ1) is 6.36. The summed E-state index contributed by atoms with van der Waals surface area (Å²) in [7, 11) is 0. The van der Waals surface area contributed by atoms with Crippen LogP contribution in [0.3, 0.4) is 0 Å². The van der Waals surface area contributed by atoms with Crippen LogP contribution in [0.5, 0.6) is 0 Å². The largest absolute Gasteiger partial charge is 0.491 e. The summed E-state index contributed by atoms with van der Waals surface area (Å²) in [5.74, 6) is 0.615. The third-order valence-electron chi connectivity index (χ3n) is 1.74. The summed E-state index contributed by atoms with van der Waals surface area (Å²) in [6.07, 6.45) is 1.77. The van der Waals surface area contributed by atoms with E-state index in [1.54, 1.807) is 6.08 Å². The van der Waals surface area contributed by atoms with Crippen molar-refractivity contribution in [2.24, 2.45) is 0 Å². The lowest BCUT2D eigenvalue weighted by Crippen LogP contribution is -1.97. The molecule has 13 heavy (non-hydrogen) atoms. The maximum Gasteiger partial charge on any atom is 0.118 e. The smallest absolute Gasteiger partial charge is 0.118 e. The first-order valence-corrected chi connectivity index (χ1v) is 4.29.